The quantitative estimate of drug-likeness (QED) is 0.113. The number of aryl methyl sites for hydroxylation is 1. The van der Waals surface area contributed by atoms with Gasteiger partial charge in [-0.25, -0.2) is 27.0 Å². The van der Waals surface area contributed by atoms with Crippen LogP contribution in [0.25, 0.3) is 22.0 Å². The highest BCUT2D eigenvalue weighted by atomic mass is 35.5. The zero-order chi connectivity index (χ0) is 47.8. The van der Waals surface area contributed by atoms with Crippen molar-refractivity contribution in [3.8, 4) is 23.0 Å². The molecule has 5 aromatic rings. The van der Waals surface area contributed by atoms with Gasteiger partial charge in [0.2, 0.25) is 15.9 Å². The second-order valence-corrected chi connectivity index (χ2v) is 19.4. The van der Waals surface area contributed by atoms with E-state index in [-0.39, 0.29) is 70.4 Å². The predicted octanol–water partition coefficient (Wildman–Crippen LogP) is 7.45. The van der Waals surface area contributed by atoms with E-state index in [0.29, 0.717) is 16.3 Å². The number of hydrogen-bond donors (Lipinski definition) is 2. The minimum absolute atomic E-state index is 0.0211. The number of halogens is 8. The van der Waals surface area contributed by atoms with Crippen LogP contribution < -0.4 is 10.0 Å². The van der Waals surface area contributed by atoms with E-state index < -0.39 is 105 Å². The number of fused-ring (bicyclic) bond motifs is 4. The van der Waals surface area contributed by atoms with Gasteiger partial charge in [0.1, 0.15) is 41.3 Å². The fraction of sp³-hybridized carbons (Fsp3) is 0.419. The Bertz CT molecular complexity index is 2960. The molecule has 2 aromatic carbocycles. The summed E-state index contributed by atoms with van der Waals surface area (Å²) in [6.45, 7) is 4.43. The third kappa shape index (κ3) is 9.51. The molecule has 2 unspecified atom stereocenters. The Morgan fingerprint density at radius 1 is 1.06 bits per heavy atom. The van der Waals surface area contributed by atoms with E-state index in [1.165, 1.54) is 34.8 Å². The van der Waals surface area contributed by atoms with Crippen molar-refractivity contribution in [3.63, 3.8) is 0 Å². The average molecular weight is 965 g/mol. The Morgan fingerprint density at radius 3 is 2.42 bits per heavy atom. The molecule has 1 aliphatic heterocycles. The average Bonchev–Trinajstić information content (AvgIpc) is 3.74. The van der Waals surface area contributed by atoms with E-state index in [0.717, 1.165) is 18.4 Å². The molecule has 0 bridgehead atoms. The van der Waals surface area contributed by atoms with Crippen molar-refractivity contribution in [2.45, 2.75) is 75.9 Å². The molecule has 2 amide bonds. The normalized spacial score (nSPS) is 19.4. The molecule has 23 heteroatoms. The van der Waals surface area contributed by atoms with Crippen LogP contribution in [0.3, 0.4) is 0 Å². The number of alkyl halides is 5. The van der Waals surface area contributed by atoms with Crippen molar-refractivity contribution in [1.29, 1.82) is 0 Å². The molecule has 350 valence electrons. The number of pyridine rings is 1. The van der Waals surface area contributed by atoms with Gasteiger partial charge in [0, 0.05) is 42.3 Å². The molecule has 4 atom stereocenters. The molecule has 3 aromatic heterocycles. The summed E-state index contributed by atoms with van der Waals surface area (Å²) >= 11 is 6.63. The summed E-state index contributed by atoms with van der Waals surface area (Å²) in [5.41, 5.74) is -3.23. The second kappa shape index (κ2) is 16.7. The number of benzene rings is 2. The number of carbonyl (C=O) groups excluding carboxylic acids is 2. The summed E-state index contributed by atoms with van der Waals surface area (Å²) in [5.74, 6) is -3.54. The lowest BCUT2D eigenvalue weighted by Crippen LogP contribution is -2.47. The highest BCUT2D eigenvalue weighted by molar-refractivity contribution is 7.92. The fourth-order valence-electron chi connectivity index (χ4n) is 8.41. The maximum Gasteiger partial charge on any atom is 0.435 e. The highest BCUT2D eigenvalue weighted by Gasteiger charge is 2.68. The number of rotatable bonds is 9. The first kappa shape index (κ1) is 46.6. The number of hydrogen-bond acceptors (Lipinski definition) is 9. The highest BCUT2D eigenvalue weighted by Crippen LogP contribution is 2.68. The fourth-order valence-corrected chi connectivity index (χ4v) is 9.15. The molecule has 14 nitrogen and oxygen atoms in total. The number of aromatic nitrogens is 5. The monoisotopic (exact) mass is 964 g/mol. The molecular formula is C43H40ClF7N8O6S. The Kier molecular flexibility index (Phi) is 11.8. The number of anilines is 1. The molecule has 4 heterocycles. The van der Waals surface area contributed by atoms with Crippen LogP contribution in [-0.4, -0.2) is 87.5 Å². The first-order chi connectivity index (χ1) is 30.8. The van der Waals surface area contributed by atoms with Crippen LogP contribution in [0.5, 0.6) is 0 Å². The molecule has 3 aliphatic rings. The zero-order valence-electron chi connectivity index (χ0n) is 35.7. The van der Waals surface area contributed by atoms with Crippen molar-refractivity contribution in [2.75, 3.05) is 30.7 Å². The van der Waals surface area contributed by atoms with Gasteiger partial charge in [-0.15, -0.1) is 0 Å². The van der Waals surface area contributed by atoms with E-state index in [1.807, 2.05) is 0 Å². The molecule has 66 heavy (non-hydrogen) atoms. The Morgan fingerprint density at radius 2 is 1.76 bits per heavy atom. The molecule has 8 rings (SSSR count). The smallest absolute Gasteiger partial charge is 0.435 e. The van der Waals surface area contributed by atoms with Crippen molar-refractivity contribution < 1.29 is 58.2 Å². The van der Waals surface area contributed by atoms with E-state index in [9.17, 15) is 40.0 Å². The lowest BCUT2D eigenvalue weighted by atomic mass is 9.93. The largest absolute Gasteiger partial charge is 0.444 e. The predicted molar refractivity (Wildman–Crippen MR) is 225 cm³/mol. The molecule has 1 saturated carbocycles. The number of ether oxygens (including phenoxy) is 2. The second-order valence-electron chi connectivity index (χ2n) is 17.3. The number of nitrogens with one attached hydrogen (secondary N) is 2. The van der Waals surface area contributed by atoms with Crippen LogP contribution in [0.1, 0.15) is 73.1 Å². The van der Waals surface area contributed by atoms with E-state index in [2.05, 4.69) is 32.1 Å². The minimum Gasteiger partial charge on any atom is -0.444 e. The van der Waals surface area contributed by atoms with Gasteiger partial charge in [0.25, 0.3) is 5.92 Å². The van der Waals surface area contributed by atoms with Crippen molar-refractivity contribution in [1.82, 2.24) is 34.8 Å². The maximum atomic E-state index is 15.5. The van der Waals surface area contributed by atoms with Crippen LogP contribution in [0, 0.1) is 29.4 Å². The summed E-state index contributed by atoms with van der Waals surface area (Å²) in [5, 5.41) is 10.7. The lowest BCUT2D eigenvalue weighted by molar-refractivity contribution is -0.142. The Labute approximate surface area is 377 Å². The van der Waals surface area contributed by atoms with Crippen LogP contribution in [0.4, 0.5) is 41.3 Å². The summed E-state index contributed by atoms with van der Waals surface area (Å²) < 4.78 is 143. The molecule has 2 aliphatic carbocycles. The number of carbonyl (C=O) groups is 2. The third-order valence-corrected chi connectivity index (χ3v) is 11.9. The van der Waals surface area contributed by atoms with Gasteiger partial charge in [-0.05, 0) is 81.3 Å². The van der Waals surface area contributed by atoms with Gasteiger partial charge in [-0.1, -0.05) is 23.6 Å². The Hall–Kier alpha value is -5.92. The molecule has 2 N–H and O–H groups in total. The number of amides is 2. The molecule has 1 saturated heterocycles. The van der Waals surface area contributed by atoms with Gasteiger partial charge in [0.05, 0.1) is 47.1 Å². The van der Waals surface area contributed by atoms with E-state index in [4.69, 9.17) is 26.1 Å². The summed E-state index contributed by atoms with van der Waals surface area (Å²) in [6.07, 6.45) is -6.20. The topological polar surface area (TPSA) is 163 Å². The van der Waals surface area contributed by atoms with Gasteiger partial charge in [0.15, 0.2) is 11.5 Å². The molecule has 2 fully saturated rings. The Balaban J connectivity index is 1.25. The van der Waals surface area contributed by atoms with Gasteiger partial charge in [-0.3, -0.25) is 18.9 Å². The maximum absolute atomic E-state index is 15.5. The van der Waals surface area contributed by atoms with Crippen LogP contribution in [-0.2, 0) is 56.4 Å². The molecular weight excluding hydrogens is 925 g/mol. The van der Waals surface area contributed by atoms with Crippen molar-refractivity contribution in [2.24, 2.45) is 13.0 Å². The molecule has 0 radical (unpaired) electrons. The van der Waals surface area contributed by atoms with Gasteiger partial charge in [-0.2, -0.15) is 32.1 Å². The van der Waals surface area contributed by atoms with Gasteiger partial charge < -0.3 is 19.7 Å². The third-order valence-electron chi connectivity index (χ3n) is 11.0. The number of morpholine rings is 1. The standard InChI is InChI=1S/C43H40ClF7N8O6S/c1-41(2,3)65-40(61)58-12-13-64-25(19-58)8-6-24-7-9-26(27-10-11-30(44)34-36(27)57(4)55-39(34)56-66(5,62)63)35(52-24)31(16-21-14-22(45)17-23(46)15-21)53-32(60)20-59-38-33(37(54-59)43(49,50)51)28-18-29(28)42(38,47)48/h7,9-11,14-15,17,25,28-29,31H,12-13,16,18-20H2,1-5H3,(H,53,60)(H,55,56)/t25?,28-,29+,31?/m0/s1. The number of nitrogens with zero attached hydrogens (tertiary/aromatic N) is 6. The number of sulfonamides is 1. The van der Waals surface area contributed by atoms with Crippen LogP contribution in [0.15, 0.2) is 42.5 Å². The molecule has 0 spiro atoms. The van der Waals surface area contributed by atoms with Crippen LogP contribution >= 0.6 is 11.6 Å². The minimum atomic E-state index is -5.10. The first-order valence-corrected chi connectivity index (χ1v) is 22.6. The van der Waals surface area contributed by atoms with E-state index >= 15 is 8.78 Å². The van der Waals surface area contributed by atoms with Crippen molar-refractivity contribution >= 4 is 50.3 Å². The van der Waals surface area contributed by atoms with Crippen molar-refractivity contribution in [3.05, 3.63) is 93.0 Å². The van der Waals surface area contributed by atoms with Gasteiger partial charge >= 0.3 is 12.3 Å². The zero-order valence-corrected chi connectivity index (χ0v) is 37.2. The summed E-state index contributed by atoms with van der Waals surface area (Å²) in [4.78, 5) is 33.2. The van der Waals surface area contributed by atoms with E-state index in [1.54, 1.807) is 26.8 Å². The summed E-state index contributed by atoms with van der Waals surface area (Å²) in [6, 6.07) is 7.16. The summed E-state index contributed by atoms with van der Waals surface area (Å²) in [7, 11) is -2.39. The first-order valence-electron chi connectivity index (χ1n) is 20.3. The lowest BCUT2D eigenvalue weighted by Gasteiger charge is -2.32. The SMILES string of the molecule is Cn1nc(NS(C)(=O)=O)c2c(Cl)ccc(-c3ccc(C#CC4CN(C(=O)OC(C)(C)C)CCO4)nc3C(Cc3cc(F)cc(F)c3)NC(=O)Cn3nc(C(F)(F)F)c4c3C(F)(F)[C@@H]3C[C@H]43)c21. The van der Waals surface area contributed by atoms with Crippen LogP contribution in [0.2, 0.25) is 5.02 Å².